The zero-order valence-corrected chi connectivity index (χ0v) is 17.9. The quantitative estimate of drug-likeness (QED) is 0.435. The van der Waals surface area contributed by atoms with Crippen molar-refractivity contribution in [3.63, 3.8) is 0 Å². The third kappa shape index (κ3) is 3.40. The molecule has 1 atom stereocenters. The summed E-state index contributed by atoms with van der Waals surface area (Å²) >= 11 is 0. The fraction of sp³-hybridized carbons (Fsp3) is 0.240. The Balaban J connectivity index is 1.49. The summed E-state index contributed by atoms with van der Waals surface area (Å²) in [6.45, 7) is 4.09. The van der Waals surface area contributed by atoms with Crippen LogP contribution in [0.5, 0.6) is 0 Å². The lowest BCUT2D eigenvalue weighted by molar-refractivity contribution is 0.478. The fourth-order valence-corrected chi connectivity index (χ4v) is 4.42. The first kappa shape index (κ1) is 19.0. The Labute approximate surface area is 185 Å². The topological polar surface area (TPSA) is 80.8 Å². The van der Waals surface area contributed by atoms with Crippen molar-refractivity contribution in [1.82, 2.24) is 24.8 Å². The molecule has 1 aliphatic rings. The summed E-state index contributed by atoms with van der Waals surface area (Å²) in [5.41, 5.74) is 5.01. The van der Waals surface area contributed by atoms with Crippen LogP contribution < -0.4 is 10.6 Å². The van der Waals surface area contributed by atoms with E-state index in [1.807, 2.05) is 30.5 Å². The summed E-state index contributed by atoms with van der Waals surface area (Å²) in [5, 5.41) is 7.97. The molecule has 6 rings (SSSR count). The molecule has 2 N–H and O–H groups in total. The van der Waals surface area contributed by atoms with Gasteiger partial charge in [0.15, 0.2) is 0 Å². The largest absolute Gasteiger partial charge is 0.464 e. The number of hydrogen-bond donors (Lipinski definition) is 2. The van der Waals surface area contributed by atoms with Gasteiger partial charge >= 0.3 is 0 Å². The molecule has 0 aliphatic carbocycles. The maximum atomic E-state index is 5.52. The van der Waals surface area contributed by atoms with E-state index in [0.29, 0.717) is 12.0 Å². The fourth-order valence-electron chi connectivity index (χ4n) is 4.42. The minimum atomic E-state index is 0.337. The van der Waals surface area contributed by atoms with E-state index in [1.54, 1.807) is 6.26 Å². The molecule has 0 saturated carbocycles. The predicted octanol–water partition coefficient (Wildman–Crippen LogP) is 4.70. The van der Waals surface area contributed by atoms with Gasteiger partial charge in [0.25, 0.3) is 0 Å². The van der Waals surface area contributed by atoms with Crippen LogP contribution in [0.2, 0.25) is 0 Å². The van der Waals surface area contributed by atoms with E-state index in [4.69, 9.17) is 14.4 Å². The molecule has 0 bridgehead atoms. The van der Waals surface area contributed by atoms with Crippen molar-refractivity contribution in [1.29, 1.82) is 0 Å². The van der Waals surface area contributed by atoms with Crippen LogP contribution in [-0.2, 0) is 0 Å². The molecule has 160 valence electrons. The molecule has 3 aromatic heterocycles. The van der Waals surface area contributed by atoms with Gasteiger partial charge in [-0.1, -0.05) is 6.07 Å². The van der Waals surface area contributed by atoms with Gasteiger partial charge in [-0.15, -0.1) is 0 Å². The second-order valence-electron chi connectivity index (χ2n) is 8.36. The second-order valence-corrected chi connectivity index (χ2v) is 8.36. The molecular weight excluding hydrogens is 400 g/mol. The lowest BCUT2D eigenvalue weighted by Gasteiger charge is -2.23. The van der Waals surface area contributed by atoms with Crippen molar-refractivity contribution >= 4 is 28.0 Å². The van der Waals surface area contributed by atoms with Crippen molar-refractivity contribution in [3.8, 4) is 17.2 Å². The normalized spacial score (nSPS) is 16.6. The third-order valence-electron chi connectivity index (χ3n) is 6.02. The number of rotatable bonds is 4. The van der Waals surface area contributed by atoms with Crippen molar-refractivity contribution < 1.29 is 4.42 Å². The summed E-state index contributed by atoms with van der Waals surface area (Å²) in [5.74, 6) is 2.28. The molecular formula is C25H24N6O. The van der Waals surface area contributed by atoms with Gasteiger partial charge in [0, 0.05) is 29.7 Å². The highest BCUT2D eigenvalue weighted by atomic mass is 16.3. The van der Waals surface area contributed by atoms with Crippen LogP contribution in [0.15, 0.2) is 65.4 Å². The minimum absolute atomic E-state index is 0.337. The number of anilines is 1. The zero-order chi connectivity index (χ0) is 21.5. The first-order chi connectivity index (χ1) is 15.7. The average molecular weight is 425 g/mol. The van der Waals surface area contributed by atoms with Crippen molar-refractivity contribution in [2.24, 2.45) is 0 Å². The van der Waals surface area contributed by atoms with E-state index in [2.05, 4.69) is 51.4 Å². The van der Waals surface area contributed by atoms with E-state index in [-0.39, 0.29) is 0 Å². The van der Waals surface area contributed by atoms with E-state index < -0.39 is 0 Å². The van der Waals surface area contributed by atoms with Crippen LogP contribution in [0.3, 0.4) is 0 Å². The highest BCUT2D eigenvalue weighted by molar-refractivity contribution is 5.87. The SMILES string of the molecule is Cc1ccc2nc(-c3ccc4occc4c3)n(-c3ccnc(N[C@H]4CCCNC4)n3)c2c1. The number of nitrogens with one attached hydrogen (secondary N) is 2. The smallest absolute Gasteiger partial charge is 0.224 e. The summed E-state index contributed by atoms with van der Waals surface area (Å²) < 4.78 is 7.65. The minimum Gasteiger partial charge on any atom is -0.464 e. The van der Waals surface area contributed by atoms with E-state index in [0.717, 1.165) is 65.1 Å². The molecule has 0 radical (unpaired) electrons. The van der Waals surface area contributed by atoms with E-state index >= 15 is 0 Å². The van der Waals surface area contributed by atoms with Crippen LogP contribution in [0, 0.1) is 6.92 Å². The van der Waals surface area contributed by atoms with Gasteiger partial charge in [0.05, 0.1) is 17.3 Å². The Bertz CT molecular complexity index is 1410. The summed E-state index contributed by atoms with van der Waals surface area (Å²) in [7, 11) is 0. The summed E-state index contributed by atoms with van der Waals surface area (Å²) in [6, 6.07) is 16.7. The molecule has 32 heavy (non-hydrogen) atoms. The third-order valence-corrected chi connectivity index (χ3v) is 6.02. The molecule has 1 fully saturated rings. The van der Waals surface area contributed by atoms with Gasteiger partial charge in [-0.25, -0.2) is 9.97 Å². The number of benzene rings is 2. The number of imidazole rings is 1. The predicted molar refractivity (Wildman–Crippen MR) is 126 cm³/mol. The van der Waals surface area contributed by atoms with E-state index in [9.17, 15) is 0 Å². The Morgan fingerprint density at radius 2 is 2.06 bits per heavy atom. The van der Waals surface area contributed by atoms with Gasteiger partial charge in [-0.2, -0.15) is 4.98 Å². The van der Waals surface area contributed by atoms with Crippen molar-refractivity contribution in [2.45, 2.75) is 25.8 Å². The number of aromatic nitrogens is 4. The molecule has 7 nitrogen and oxygen atoms in total. The number of aryl methyl sites for hydroxylation is 1. The molecule has 1 aliphatic heterocycles. The Hall–Kier alpha value is -3.71. The van der Waals surface area contributed by atoms with Gasteiger partial charge in [0.2, 0.25) is 5.95 Å². The number of nitrogens with zero attached hydrogens (tertiary/aromatic N) is 4. The Morgan fingerprint density at radius 3 is 2.97 bits per heavy atom. The molecule has 1 saturated heterocycles. The number of hydrogen-bond acceptors (Lipinski definition) is 6. The molecule has 5 aromatic rings. The van der Waals surface area contributed by atoms with Crippen LogP contribution in [0.4, 0.5) is 5.95 Å². The molecule has 4 heterocycles. The van der Waals surface area contributed by atoms with Crippen LogP contribution in [-0.4, -0.2) is 38.7 Å². The summed E-state index contributed by atoms with van der Waals surface area (Å²) in [6.07, 6.45) is 5.79. The first-order valence-corrected chi connectivity index (χ1v) is 11.0. The number of fused-ring (bicyclic) bond motifs is 2. The molecule has 2 aromatic carbocycles. The van der Waals surface area contributed by atoms with Gasteiger partial charge in [0.1, 0.15) is 17.2 Å². The van der Waals surface area contributed by atoms with Crippen LogP contribution >= 0.6 is 0 Å². The lowest BCUT2D eigenvalue weighted by atomic mass is 10.1. The molecule has 0 unspecified atom stereocenters. The first-order valence-electron chi connectivity index (χ1n) is 11.0. The maximum Gasteiger partial charge on any atom is 0.224 e. The average Bonchev–Trinajstić information content (AvgIpc) is 3.43. The van der Waals surface area contributed by atoms with E-state index in [1.165, 1.54) is 5.56 Å². The van der Waals surface area contributed by atoms with Crippen molar-refractivity contribution in [2.75, 3.05) is 18.4 Å². The lowest BCUT2D eigenvalue weighted by Crippen LogP contribution is -2.38. The van der Waals surface area contributed by atoms with Gasteiger partial charge in [-0.05, 0) is 74.3 Å². The van der Waals surface area contributed by atoms with Crippen LogP contribution in [0.25, 0.3) is 39.2 Å². The highest BCUT2D eigenvalue weighted by Gasteiger charge is 2.18. The molecule has 0 amide bonds. The number of piperidine rings is 1. The zero-order valence-electron chi connectivity index (χ0n) is 17.9. The van der Waals surface area contributed by atoms with Gasteiger partial charge in [-0.3, -0.25) is 4.57 Å². The maximum absolute atomic E-state index is 5.52. The van der Waals surface area contributed by atoms with Crippen LogP contribution in [0.1, 0.15) is 18.4 Å². The van der Waals surface area contributed by atoms with Crippen molar-refractivity contribution in [3.05, 3.63) is 66.6 Å². The Morgan fingerprint density at radius 1 is 1.09 bits per heavy atom. The second kappa shape index (κ2) is 7.76. The molecule has 0 spiro atoms. The molecule has 7 heteroatoms. The highest BCUT2D eigenvalue weighted by Crippen LogP contribution is 2.31. The standard InChI is InChI=1S/C25H24N6O/c1-16-4-6-20-21(13-16)31(24(29-20)18-5-7-22-17(14-18)9-12-32-22)23-8-11-27-25(30-23)28-19-3-2-10-26-15-19/h4-9,11-14,19,26H,2-3,10,15H2,1H3,(H,27,28,30)/t19-/m0/s1. The monoisotopic (exact) mass is 424 g/mol. The Kier molecular flexibility index (Phi) is 4.61. The number of furan rings is 1. The van der Waals surface area contributed by atoms with Gasteiger partial charge < -0.3 is 15.1 Å². The summed E-state index contributed by atoms with van der Waals surface area (Å²) in [4.78, 5) is 14.3.